The zero-order chi connectivity index (χ0) is 16.9. The van der Waals surface area contributed by atoms with Crippen LogP contribution in [-0.2, 0) is 0 Å². The van der Waals surface area contributed by atoms with Gasteiger partial charge in [0.15, 0.2) is 0 Å². The lowest BCUT2D eigenvalue weighted by Gasteiger charge is -2.15. The summed E-state index contributed by atoms with van der Waals surface area (Å²) in [5.41, 5.74) is 1.91. The number of carbonyl (C=O) groups is 2. The first-order chi connectivity index (χ1) is 11.6. The molecule has 2 aromatic rings. The molecule has 1 saturated heterocycles. The number of hydrogen-bond acceptors (Lipinski definition) is 2. The van der Waals surface area contributed by atoms with Gasteiger partial charge >= 0.3 is 6.03 Å². The van der Waals surface area contributed by atoms with Crippen LogP contribution in [0, 0.1) is 0 Å². The van der Waals surface area contributed by atoms with E-state index in [0.29, 0.717) is 22.0 Å². The van der Waals surface area contributed by atoms with Gasteiger partial charge in [0.05, 0.1) is 0 Å². The largest absolute Gasteiger partial charge is 0.339 e. The van der Waals surface area contributed by atoms with Crippen LogP contribution in [0.5, 0.6) is 0 Å². The van der Waals surface area contributed by atoms with Crippen molar-refractivity contribution in [1.82, 2.24) is 4.90 Å². The molecule has 1 heterocycles. The standard InChI is InChI=1S/C18H18ClN3O2/c19-14-5-9-16(10-6-14)21-18(24)20-15-7-3-13(4-8-15)17(23)22-11-1-2-12-22/h3-10H,1-2,11-12H2,(H2,20,21,24). The minimum atomic E-state index is -0.351. The third kappa shape index (κ3) is 4.06. The van der Waals surface area contributed by atoms with Crippen molar-refractivity contribution in [3.63, 3.8) is 0 Å². The van der Waals surface area contributed by atoms with Crippen molar-refractivity contribution in [1.29, 1.82) is 0 Å². The summed E-state index contributed by atoms with van der Waals surface area (Å²) in [5, 5.41) is 6.06. The number of rotatable bonds is 3. The minimum Gasteiger partial charge on any atom is -0.339 e. The van der Waals surface area contributed by atoms with Crippen LogP contribution in [-0.4, -0.2) is 29.9 Å². The number of urea groups is 1. The van der Waals surface area contributed by atoms with E-state index in [1.165, 1.54) is 0 Å². The summed E-state index contributed by atoms with van der Waals surface area (Å²) >= 11 is 5.81. The van der Waals surface area contributed by atoms with E-state index in [4.69, 9.17) is 11.6 Å². The maximum Gasteiger partial charge on any atom is 0.323 e. The van der Waals surface area contributed by atoms with Gasteiger partial charge < -0.3 is 15.5 Å². The van der Waals surface area contributed by atoms with Gasteiger partial charge in [-0.1, -0.05) is 11.6 Å². The van der Waals surface area contributed by atoms with Crippen molar-refractivity contribution in [3.8, 4) is 0 Å². The van der Waals surface area contributed by atoms with Gasteiger partial charge in [-0.2, -0.15) is 0 Å². The Bertz CT molecular complexity index is 723. The zero-order valence-corrected chi connectivity index (χ0v) is 13.8. The summed E-state index contributed by atoms with van der Waals surface area (Å²) < 4.78 is 0. The van der Waals surface area contributed by atoms with Gasteiger partial charge in [0.1, 0.15) is 0 Å². The molecule has 5 nitrogen and oxygen atoms in total. The summed E-state index contributed by atoms with van der Waals surface area (Å²) in [5.74, 6) is 0.0460. The number of benzene rings is 2. The normalized spacial score (nSPS) is 13.6. The molecule has 1 aliphatic rings. The van der Waals surface area contributed by atoms with E-state index >= 15 is 0 Å². The summed E-state index contributed by atoms with van der Waals surface area (Å²) in [6, 6.07) is 13.4. The number of nitrogens with zero attached hydrogens (tertiary/aromatic N) is 1. The number of anilines is 2. The van der Waals surface area contributed by atoms with E-state index in [1.54, 1.807) is 48.5 Å². The quantitative estimate of drug-likeness (QED) is 0.876. The molecular weight excluding hydrogens is 326 g/mol. The van der Waals surface area contributed by atoms with Crippen LogP contribution in [0.3, 0.4) is 0 Å². The highest BCUT2D eigenvalue weighted by atomic mass is 35.5. The van der Waals surface area contributed by atoms with Gasteiger partial charge in [-0.05, 0) is 61.4 Å². The van der Waals surface area contributed by atoms with Crippen LogP contribution in [0.1, 0.15) is 23.2 Å². The summed E-state index contributed by atoms with van der Waals surface area (Å²) in [4.78, 5) is 26.1. The highest BCUT2D eigenvalue weighted by molar-refractivity contribution is 6.30. The van der Waals surface area contributed by atoms with Crippen LogP contribution in [0.25, 0.3) is 0 Å². The molecule has 124 valence electrons. The Morgan fingerprint density at radius 1 is 0.833 bits per heavy atom. The predicted molar refractivity (Wildman–Crippen MR) is 95.7 cm³/mol. The average molecular weight is 344 g/mol. The number of nitrogens with one attached hydrogen (secondary N) is 2. The molecule has 3 rings (SSSR count). The molecule has 0 aromatic heterocycles. The van der Waals surface area contributed by atoms with E-state index in [9.17, 15) is 9.59 Å². The molecule has 2 aromatic carbocycles. The zero-order valence-electron chi connectivity index (χ0n) is 13.1. The van der Waals surface area contributed by atoms with Gasteiger partial charge in [-0.3, -0.25) is 4.79 Å². The lowest BCUT2D eigenvalue weighted by Crippen LogP contribution is -2.27. The molecule has 0 radical (unpaired) electrons. The Morgan fingerprint density at radius 2 is 1.33 bits per heavy atom. The fraction of sp³-hybridized carbons (Fsp3) is 0.222. The van der Waals surface area contributed by atoms with Crippen molar-refractivity contribution >= 4 is 34.9 Å². The molecule has 0 saturated carbocycles. The summed E-state index contributed by atoms with van der Waals surface area (Å²) in [6.07, 6.45) is 2.13. The molecule has 1 aliphatic heterocycles. The smallest absolute Gasteiger partial charge is 0.323 e. The first-order valence-corrected chi connectivity index (χ1v) is 8.22. The topological polar surface area (TPSA) is 61.4 Å². The van der Waals surface area contributed by atoms with Crippen LogP contribution in [0.4, 0.5) is 16.2 Å². The second kappa shape index (κ2) is 7.36. The molecule has 1 fully saturated rings. The molecule has 2 N–H and O–H groups in total. The van der Waals surface area contributed by atoms with Gasteiger partial charge in [-0.15, -0.1) is 0 Å². The number of carbonyl (C=O) groups excluding carboxylic acids is 2. The molecule has 0 atom stereocenters. The SMILES string of the molecule is O=C(Nc1ccc(Cl)cc1)Nc1ccc(C(=O)N2CCCC2)cc1. The third-order valence-corrected chi connectivity index (χ3v) is 4.14. The van der Waals surface area contributed by atoms with Gasteiger partial charge in [0.25, 0.3) is 5.91 Å². The van der Waals surface area contributed by atoms with Crippen molar-refractivity contribution in [2.24, 2.45) is 0 Å². The Kier molecular flexibility index (Phi) is 5.01. The molecule has 0 spiro atoms. The Balaban J connectivity index is 1.58. The van der Waals surface area contributed by atoms with E-state index in [1.807, 2.05) is 4.90 Å². The van der Waals surface area contributed by atoms with Crippen LogP contribution < -0.4 is 10.6 Å². The van der Waals surface area contributed by atoms with Gasteiger partial charge in [0.2, 0.25) is 0 Å². The van der Waals surface area contributed by atoms with E-state index in [0.717, 1.165) is 25.9 Å². The molecule has 6 heteroatoms. The first-order valence-electron chi connectivity index (χ1n) is 7.85. The number of hydrogen-bond donors (Lipinski definition) is 2. The van der Waals surface area contributed by atoms with Crippen molar-refractivity contribution in [2.45, 2.75) is 12.8 Å². The Hall–Kier alpha value is -2.53. The van der Waals surface area contributed by atoms with Crippen molar-refractivity contribution < 1.29 is 9.59 Å². The molecule has 24 heavy (non-hydrogen) atoms. The minimum absolute atomic E-state index is 0.0460. The van der Waals surface area contributed by atoms with Crippen molar-refractivity contribution in [3.05, 3.63) is 59.1 Å². The molecule has 0 aliphatic carbocycles. The maximum absolute atomic E-state index is 12.3. The Labute approximate surface area is 145 Å². The summed E-state index contributed by atoms with van der Waals surface area (Å²) in [7, 11) is 0. The highest BCUT2D eigenvalue weighted by Crippen LogP contribution is 2.17. The molecular formula is C18H18ClN3O2. The average Bonchev–Trinajstić information content (AvgIpc) is 3.11. The fourth-order valence-corrected chi connectivity index (χ4v) is 2.75. The first kappa shape index (κ1) is 16.3. The van der Waals surface area contributed by atoms with Gasteiger partial charge in [-0.25, -0.2) is 4.79 Å². The number of halogens is 1. The third-order valence-electron chi connectivity index (χ3n) is 3.89. The summed E-state index contributed by atoms with van der Waals surface area (Å²) in [6.45, 7) is 1.64. The second-order valence-corrected chi connectivity index (χ2v) is 6.10. The Morgan fingerprint density at radius 3 is 1.88 bits per heavy atom. The van der Waals surface area contributed by atoms with Crippen molar-refractivity contribution in [2.75, 3.05) is 23.7 Å². The van der Waals surface area contributed by atoms with E-state index in [-0.39, 0.29) is 11.9 Å². The monoisotopic (exact) mass is 343 g/mol. The number of likely N-dealkylation sites (tertiary alicyclic amines) is 1. The fourth-order valence-electron chi connectivity index (χ4n) is 2.63. The van der Waals surface area contributed by atoms with E-state index < -0.39 is 0 Å². The molecule has 3 amide bonds. The van der Waals surface area contributed by atoms with Gasteiger partial charge in [0, 0.05) is 35.1 Å². The van der Waals surface area contributed by atoms with Crippen LogP contribution in [0.2, 0.25) is 5.02 Å². The lowest BCUT2D eigenvalue weighted by molar-refractivity contribution is 0.0793. The lowest BCUT2D eigenvalue weighted by atomic mass is 10.2. The van der Waals surface area contributed by atoms with Crippen LogP contribution >= 0.6 is 11.6 Å². The highest BCUT2D eigenvalue weighted by Gasteiger charge is 2.19. The second-order valence-electron chi connectivity index (χ2n) is 5.66. The predicted octanol–water partition coefficient (Wildman–Crippen LogP) is 4.22. The molecule has 0 bridgehead atoms. The van der Waals surface area contributed by atoms with Crippen LogP contribution in [0.15, 0.2) is 48.5 Å². The van der Waals surface area contributed by atoms with E-state index in [2.05, 4.69) is 10.6 Å². The maximum atomic E-state index is 12.3. The number of amides is 3. The molecule has 0 unspecified atom stereocenters.